The van der Waals surface area contributed by atoms with Gasteiger partial charge in [0.25, 0.3) is 5.91 Å². The minimum atomic E-state index is 0.0101. The van der Waals surface area contributed by atoms with E-state index in [1.165, 1.54) is 30.2 Å². The van der Waals surface area contributed by atoms with Crippen LogP contribution in [0.4, 0.5) is 0 Å². The zero-order valence-corrected chi connectivity index (χ0v) is 12.5. The van der Waals surface area contributed by atoms with Gasteiger partial charge in [-0.15, -0.1) is 0 Å². The van der Waals surface area contributed by atoms with E-state index in [9.17, 15) is 4.79 Å². The van der Waals surface area contributed by atoms with Crippen molar-refractivity contribution in [2.45, 2.75) is 26.4 Å². The molecular weight excluding hydrogens is 256 g/mol. The summed E-state index contributed by atoms with van der Waals surface area (Å²) in [5.41, 5.74) is 2.03. The molecule has 1 fully saturated rings. The minimum Gasteiger partial charge on any atom is -0.350 e. The number of carbonyl (C=O) groups excluding carboxylic acids is 1. The topological polar surface area (TPSA) is 32.3 Å². The van der Waals surface area contributed by atoms with E-state index in [4.69, 9.17) is 0 Å². The summed E-state index contributed by atoms with van der Waals surface area (Å²) < 4.78 is 0. The molecule has 1 aromatic carbocycles. The van der Waals surface area contributed by atoms with Gasteiger partial charge in [-0.1, -0.05) is 12.1 Å². The van der Waals surface area contributed by atoms with Gasteiger partial charge in [0.15, 0.2) is 0 Å². The minimum absolute atomic E-state index is 0.0101. The Morgan fingerprint density at radius 2 is 1.89 bits per heavy atom. The van der Waals surface area contributed by atoms with Gasteiger partial charge in [-0.2, -0.15) is 11.8 Å². The van der Waals surface area contributed by atoms with E-state index in [0.717, 1.165) is 12.1 Å². The SMILES string of the molecule is CC(C)NC(=O)c1ccc(CN2CCSCC2)cc1. The first-order valence-corrected chi connectivity index (χ1v) is 8.00. The van der Waals surface area contributed by atoms with Crippen molar-refractivity contribution < 1.29 is 4.79 Å². The van der Waals surface area contributed by atoms with Gasteiger partial charge in [0.1, 0.15) is 0 Å². The number of hydrogen-bond donors (Lipinski definition) is 1. The van der Waals surface area contributed by atoms with Crippen LogP contribution in [0.25, 0.3) is 0 Å². The first-order chi connectivity index (χ1) is 9.15. The van der Waals surface area contributed by atoms with Crippen molar-refractivity contribution in [1.82, 2.24) is 10.2 Å². The Kier molecular flexibility index (Phi) is 5.28. The molecule has 0 atom stereocenters. The Bertz CT molecular complexity index is 411. The van der Waals surface area contributed by atoms with Gasteiger partial charge >= 0.3 is 0 Å². The van der Waals surface area contributed by atoms with Crippen LogP contribution in [-0.2, 0) is 6.54 Å². The molecule has 4 heteroatoms. The second-order valence-electron chi connectivity index (χ2n) is 5.21. The van der Waals surface area contributed by atoms with Gasteiger partial charge < -0.3 is 5.32 Å². The van der Waals surface area contributed by atoms with Gasteiger partial charge in [-0.3, -0.25) is 9.69 Å². The van der Waals surface area contributed by atoms with E-state index >= 15 is 0 Å². The number of rotatable bonds is 4. The van der Waals surface area contributed by atoms with E-state index in [1.807, 2.05) is 37.7 Å². The van der Waals surface area contributed by atoms with Gasteiger partial charge in [0.05, 0.1) is 0 Å². The van der Waals surface area contributed by atoms with Crippen LogP contribution in [0.1, 0.15) is 29.8 Å². The lowest BCUT2D eigenvalue weighted by Crippen LogP contribution is -2.32. The Morgan fingerprint density at radius 1 is 1.26 bits per heavy atom. The Labute approximate surface area is 119 Å². The van der Waals surface area contributed by atoms with Crippen molar-refractivity contribution in [1.29, 1.82) is 0 Å². The molecule has 1 aliphatic rings. The normalized spacial score (nSPS) is 16.6. The molecule has 3 nitrogen and oxygen atoms in total. The third-order valence-corrected chi connectivity index (χ3v) is 4.09. The Balaban J connectivity index is 1.92. The van der Waals surface area contributed by atoms with Crippen molar-refractivity contribution in [2.75, 3.05) is 24.6 Å². The van der Waals surface area contributed by atoms with Crippen LogP contribution in [-0.4, -0.2) is 41.4 Å². The first kappa shape index (κ1) is 14.4. The zero-order chi connectivity index (χ0) is 13.7. The number of hydrogen-bond acceptors (Lipinski definition) is 3. The van der Waals surface area contributed by atoms with Gasteiger partial charge in [-0.05, 0) is 31.5 Å². The molecule has 1 saturated heterocycles. The summed E-state index contributed by atoms with van der Waals surface area (Å²) in [5, 5.41) is 2.91. The van der Waals surface area contributed by atoms with Crippen LogP contribution in [0.2, 0.25) is 0 Å². The van der Waals surface area contributed by atoms with Gasteiger partial charge in [0.2, 0.25) is 0 Å². The molecule has 0 bridgehead atoms. The maximum Gasteiger partial charge on any atom is 0.251 e. The fourth-order valence-electron chi connectivity index (χ4n) is 2.12. The number of amides is 1. The number of nitrogens with one attached hydrogen (secondary N) is 1. The lowest BCUT2D eigenvalue weighted by atomic mass is 10.1. The van der Waals surface area contributed by atoms with Gasteiger partial charge in [0, 0.05) is 42.7 Å². The average molecular weight is 278 g/mol. The van der Waals surface area contributed by atoms with E-state index in [-0.39, 0.29) is 11.9 Å². The van der Waals surface area contributed by atoms with Crippen molar-refractivity contribution in [3.8, 4) is 0 Å². The summed E-state index contributed by atoms with van der Waals surface area (Å²) in [4.78, 5) is 14.3. The Morgan fingerprint density at radius 3 is 2.47 bits per heavy atom. The maximum absolute atomic E-state index is 11.8. The summed E-state index contributed by atoms with van der Waals surface area (Å²) in [6, 6.07) is 8.16. The predicted octanol–water partition coefficient (Wildman–Crippen LogP) is 2.37. The highest BCUT2D eigenvalue weighted by Gasteiger charge is 2.11. The molecule has 1 aromatic rings. The first-order valence-electron chi connectivity index (χ1n) is 6.85. The molecule has 0 saturated carbocycles. The van der Waals surface area contributed by atoms with Crippen LogP contribution < -0.4 is 5.32 Å². The van der Waals surface area contributed by atoms with E-state index in [0.29, 0.717) is 0 Å². The molecule has 1 N–H and O–H groups in total. The smallest absolute Gasteiger partial charge is 0.251 e. The number of carbonyl (C=O) groups is 1. The molecule has 2 rings (SSSR count). The number of nitrogens with zero attached hydrogens (tertiary/aromatic N) is 1. The molecule has 0 aromatic heterocycles. The van der Waals surface area contributed by atoms with Crippen LogP contribution in [0.15, 0.2) is 24.3 Å². The van der Waals surface area contributed by atoms with Gasteiger partial charge in [-0.25, -0.2) is 0 Å². The summed E-state index contributed by atoms with van der Waals surface area (Å²) in [5.74, 6) is 2.47. The summed E-state index contributed by atoms with van der Waals surface area (Å²) in [7, 11) is 0. The lowest BCUT2D eigenvalue weighted by molar-refractivity contribution is 0.0943. The molecule has 0 spiro atoms. The summed E-state index contributed by atoms with van der Waals surface area (Å²) in [6.45, 7) is 7.27. The van der Waals surface area contributed by atoms with Crippen LogP contribution in [0.5, 0.6) is 0 Å². The monoisotopic (exact) mass is 278 g/mol. The van der Waals surface area contributed by atoms with Crippen molar-refractivity contribution in [2.24, 2.45) is 0 Å². The molecular formula is C15H22N2OS. The van der Waals surface area contributed by atoms with Crippen LogP contribution in [0.3, 0.4) is 0 Å². The highest BCUT2D eigenvalue weighted by Crippen LogP contribution is 2.13. The third-order valence-electron chi connectivity index (χ3n) is 3.15. The standard InChI is InChI=1S/C15H22N2OS/c1-12(2)16-15(18)14-5-3-13(4-6-14)11-17-7-9-19-10-8-17/h3-6,12H,7-11H2,1-2H3,(H,16,18). The highest BCUT2D eigenvalue weighted by atomic mass is 32.2. The highest BCUT2D eigenvalue weighted by molar-refractivity contribution is 7.99. The number of thioether (sulfide) groups is 1. The van der Waals surface area contributed by atoms with E-state index < -0.39 is 0 Å². The van der Waals surface area contributed by atoms with Crippen molar-refractivity contribution in [3.05, 3.63) is 35.4 Å². The average Bonchev–Trinajstić information content (AvgIpc) is 2.40. The molecule has 1 aliphatic heterocycles. The van der Waals surface area contributed by atoms with Crippen molar-refractivity contribution >= 4 is 17.7 Å². The predicted molar refractivity (Wildman–Crippen MR) is 81.6 cm³/mol. The van der Waals surface area contributed by atoms with E-state index in [2.05, 4.69) is 22.3 Å². The molecule has 19 heavy (non-hydrogen) atoms. The molecule has 104 valence electrons. The van der Waals surface area contributed by atoms with Crippen LogP contribution >= 0.6 is 11.8 Å². The molecule has 0 radical (unpaired) electrons. The second kappa shape index (κ2) is 6.96. The Hall–Kier alpha value is -1.00. The quantitative estimate of drug-likeness (QED) is 0.918. The molecule has 0 aliphatic carbocycles. The molecule has 0 unspecified atom stereocenters. The fourth-order valence-corrected chi connectivity index (χ4v) is 3.10. The second-order valence-corrected chi connectivity index (χ2v) is 6.44. The molecule has 1 heterocycles. The lowest BCUT2D eigenvalue weighted by Gasteiger charge is -2.26. The van der Waals surface area contributed by atoms with Crippen LogP contribution in [0, 0.1) is 0 Å². The van der Waals surface area contributed by atoms with E-state index in [1.54, 1.807) is 0 Å². The summed E-state index contributed by atoms with van der Waals surface area (Å²) >= 11 is 2.03. The summed E-state index contributed by atoms with van der Waals surface area (Å²) in [6.07, 6.45) is 0. The maximum atomic E-state index is 11.8. The number of benzene rings is 1. The van der Waals surface area contributed by atoms with Crippen molar-refractivity contribution in [3.63, 3.8) is 0 Å². The largest absolute Gasteiger partial charge is 0.350 e. The molecule has 1 amide bonds. The zero-order valence-electron chi connectivity index (χ0n) is 11.7. The third kappa shape index (κ3) is 4.55. The fraction of sp³-hybridized carbons (Fsp3) is 0.533.